The van der Waals surface area contributed by atoms with Crippen molar-refractivity contribution in [3.63, 3.8) is 0 Å². The molecule has 3 fully saturated rings. The van der Waals surface area contributed by atoms with E-state index in [9.17, 15) is 9.90 Å². The fourth-order valence-electron chi connectivity index (χ4n) is 4.57. The van der Waals surface area contributed by atoms with Crippen LogP contribution in [0.25, 0.3) is 0 Å². The molecule has 4 heteroatoms. The zero-order valence-corrected chi connectivity index (χ0v) is 12.5. The van der Waals surface area contributed by atoms with Gasteiger partial charge in [0.25, 0.3) is 5.91 Å². The summed E-state index contributed by atoms with van der Waals surface area (Å²) in [5.74, 6) is -0.138. The van der Waals surface area contributed by atoms with E-state index in [1.54, 1.807) is 0 Å². The van der Waals surface area contributed by atoms with Crippen molar-refractivity contribution in [2.24, 2.45) is 5.41 Å². The van der Waals surface area contributed by atoms with Crippen molar-refractivity contribution in [1.29, 1.82) is 0 Å². The second-order valence-electron chi connectivity index (χ2n) is 6.88. The lowest BCUT2D eigenvalue weighted by atomic mass is 9.60. The molecule has 0 aromatic carbocycles. The summed E-state index contributed by atoms with van der Waals surface area (Å²) in [5, 5.41) is 13.5. The van der Waals surface area contributed by atoms with E-state index < -0.39 is 5.60 Å². The molecule has 0 heterocycles. The van der Waals surface area contributed by atoms with E-state index in [1.807, 2.05) is 6.92 Å². The van der Waals surface area contributed by atoms with Gasteiger partial charge in [-0.05, 0) is 51.9 Å². The fourth-order valence-corrected chi connectivity index (χ4v) is 4.57. The summed E-state index contributed by atoms with van der Waals surface area (Å²) >= 11 is 0. The Labute approximate surface area is 121 Å². The molecule has 2 N–H and O–H groups in total. The van der Waals surface area contributed by atoms with Crippen molar-refractivity contribution in [2.75, 3.05) is 6.61 Å². The molecule has 4 nitrogen and oxygen atoms in total. The van der Waals surface area contributed by atoms with Gasteiger partial charge in [-0.15, -0.1) is 0 Å². The van der Waals surface area contributed by atoms with Crippen molar-refractivity contribution in [3.05, 3.63) is 0 Å². The number of ether oxygens (including phenoxy) is 1. The molecule has 1 amide bonds. The maximum atomic E-state index is 12.4. The predicted octanol–water partition coefficient (Wildman–Crippen LogP) is 2.15. The Hall–Kier alpha value is -0.610. The van der Waals surface area contributed by atoms with Crippen LogP contribution < -0.4 is 5.32 Å². The third-order valence-corrected chi connectivity index (χ3v) is 5.85. The number of hydrogen-bond donors (Lipinski definition) is 2. The molecule has 2 atom stereocenters. The molecule has 3 saturated carbocycles. The van der Waals surface area contributed by atoms with Gasteiger partial charge in [-0.1, -0.05) is 12.8 Å². The summed E-state index contributed by atoms with van der Waals surface area (Å²) in [7, 11) is 0. The number of rotatable bonds is 4. The first-order valence-corrected chi connectivity index (χ1v) is 8.26. The van der Waals surface area contributed by atoms with Crippen LogP contribution in [0.15, 0.2) is 0 Å². The van der Waals surface area contributed by atoms with Crippen LogP contribution in [0.1, 0.15) is 64.7 Å². The second kappa shape index (κ2) is 5.30. The topological polar surface area (TPSA) is 58.6 Å². The molecule has 2 unspecified atom stereocenters. The highest BCUT2D eigenvalue weighted by Crippen LogP contribution is 2.54. The summed E-state index contributed by atoms with van der Waals surface area (Å²) < 4.78 is 5.86. The summed E-state index contributed by atoms with van der Waals surface area (Å²) in [5.41, 5.74) is -0.947. The lowest BCUT2D eigenvalue weighted by molar-refractivity contribution is -0.155. The first-order valence-electron chi connectivity index (χ1n) is 8.26. The van der Waals surface area contributed by atoms with Crippen LogP contribution in [0.4, 0.5) is 0 Å². The van der Waals surface area contributed by atoms with Crippen molar-refractivity contribution in [2.45, 2.75) is 82.5 Å². The molecule has 1 spiro atoms. The van der Waals surface area contributed by atoms with Crippen LogP contribution in [-0.4, -0.2) is 35.4 Å². The lowest BCUT2D eigenvalue weighted by Crippen LogP contribution is -2.65. The Morgan fingerprint density at radius 1 is 1.20 bits per heavy atom. The SMILES string of the molecule is CCOC1CC(NC(=O)C2(O)CCCC2)C12CCCC2. The van der Waals surface area contributed by atoms with Gasteiger partial charge in [-0.25, -0.2) is 0 Å². The van der Waals surface area contributed by atoms with Crippen LogP contribution in [0.5, 0.6) is 0 Å². The largest absolute Gasteiger partial charge is 0.380 e. The van der Waals surface area contributed by atoms with Crippen molar-refractivity contribution < 1.29 is 14.6 Å². The van der Waals surface area contributed by atoms with Gasteiger partial charge in [0.1, 0.15) is 5.60 Å². The molecule has 0 bridgehead atoms. The average molecular weight is 281 g/mol. The predicted molar refractivity (Wildman–Crippen MR) is 76.3 cm³/mol. The zero-order valence-electron chi connectivity index (χ0n) is 12.5. The van der Waals surface area contributed by atoms with Gasteiger partial charge in [0.05, 0.1) is 6.10 Å². The van der Waals surface area contributed by atoms with Gasteiger partial charge < -0.3 is 15.2 Å². The average Bonchev–Trinajstić information content (AvgIpc) is 3.08. The molecule has 114 valence electrons. The molecular weight excluding hydrogens is 254 g/mol. The number of aliphatic hydroxyl groups is 1. The molecule has 0 aromatic rings. The Balaban J connectivity index is 1.64. The van der Waals surface area contributed by atoms with E-state index in [1.165, 1.54) is 12.8 Å². The Bertz CT molecular complexity index is 370. The highest BCUT2D eigenvalue weighted by atomic mass is 16.5. The molecule has 0 aromatic heterocycles. The molecule has 0 aliphatic heterocycles. The van der Waals surface area contributed by atoms with Crippen LogP contribution in [0.2, 0.25) is 0 Å². The van der Waals surface area contributed by atoms with E-state index in [0.717, 1.165) is 38.7 Å². The van der Waals surface area contributed by atoms with E-state index in [0.29, 0.717) is 18.9 Å². The summed E-state index contributed by atoms with van der Waals surface area (Å²) in [6.45, 7) is 2.78. The minimum Gasteiger partial charge on any atom is -0.380 e. The molecule has 3 rings (SSSR count). The van der Waals surface area contributed by atoms with Crippen LogP contribution in [-0.2, 0) is 9.53 Å². The van der Waals surface area contributed by atoms with Crippen LogP contribution >= 0.6 is 0 Å². The molecule has 20 heavy (non-hydrogen) atoms. The van der Waals surface area contributed by atoms with Crippen LogP contribution in [0.3, 0.4) is 0 Å². The van der Waals surface area contributed by atoms with E-state index in [2.05, 4.69) is 5.32 Å². The Morgan fingerprint density at radius 2 is 1.80 bits per heavy atom. The van der Waals surface area contributed by atoms with Gasteiger partial charge in [0.15, 0.2) is 0 Å². The fraction of sp³-hybridized carbons (Fsp3) is 0.938. The third kappa shape index (κ3) is 2.17. The van der Waals surface area contributed by atoms with Crippen molar-refractivity contribution in [1.82, 2.24) is 5.32 Å². The Morgan fingerprint density at radius 3 is 2.40 bits per heavy atom. The smallest absolute Gasteiger partial charge is 0.252 e. The van der Waals surface area contributed by atoms with E-state index in [4.69, 9.17) is 4.74 Å². The second-order valence-corrected chi connectivity index (χ2v) is 6.88. The number of nitrogens with one attached hydrogen (secondary N) is 1. The van der Waals surface area contributed by atoms with Gasteiger partial charge in [-0.2, -0.15) is 0 Å². The highest BCUT2D eigenvalue weighted by Gasteiger charge is 2.58. The third-order valence-electron chi connectivity index (χ3n) is 5.85. The van der Waals surface area contributed by atoms with Gasteiger partial charge >= 0.3 is 0 Å². The molecular formula is C16H27NO3. The zero-order chi connectivity index (χ0) is 14.2. The molecule has 0 radical (unpaired) electrons. The standard InChI is InChI=1S/C16H27NO3/c1-2-20-13-11-12(15(13)7-3-4-8-15)17-14(18)16(19)9-5-6-10-16/h12-13,19H,2-11H2,1H3,(H,17,18). The van der Waals surface area contributed by atoms with Gasteiger partial charge in [0, 0.05) is 18.1 Å². The molecule has 0 saturated heterocycles. The molecule has 3 aliphatic carbocycles. The summed E-state index contributed by atoms with van der Waals surface area (Å²) in [4.78, 5) is 12.4. The van der Waals surface area contributed by atoms with E-state index >= 15 is 0 Å². The monoisotopic (exact) mass is 281 g/mol. The van der Waals surface area contributed by atoms with E-state index in [-0.39, 0.29) is 17.4 Å². The first-order chi connectivity index (χ1) is 9.61. The number of carbonyl (C=O) groups is 1. The first kappa shape index (κ1) is 14.3. The van der Waals surface area contributed by atoms with Crippen molar-refractivity contribution in [3.8, 4) is 0 Å². The van der Waals surface area contributed by atoms with Gasteiger partial charge in [-0.3, -0.25) is 4.79 Å². The minimum atomic E-state index is -1.10. The number of carbonyl (C=O) groups excluding carboxylic acids is 1. The maximum Gasteiger partial charge on any atom is 0.252 e. The highest BCUT2D eigenvalue weighted by molar-refractivity contribution is 5.85. The quantitative estimate of drug-likeness (QED) is 0.830. The Kier molecular flexibility index (Phi) is 3.80. The number of amides is 1. The molecule has 3 aliphatic rings. The van der Waals surface area contributed by atoms with Gasteiger partial charge in [0.2, 0.25) is 0 Å². The normalized spacial score (nSPS) is 34.1. The summed E-state index contributed by atoms with van der Waals surface area (Å²) in [6.07, 6.45) is 9.15. The lowest BCUT2D eigenvalue weighted by Gasteiger charge is -2.54. The maximum absolute atomic E-state index is 12.4. The number of hydrogen-bond acceptors (Lipinski definition) is 3. The minimum absolute atomic E-state index is 0.138. The van der Waals surface area contributed by atoms with Crippen molar-refractivity contribution >= 4 is 5.91 Å². The van der Waals surface area contributed by atoms with Crippen LogP contribution in [0, 0.1) is 5.41 Å². The summed E-state index contributed by atoms with van der Waals surface area (Å²) in [6, 6.07) is 0.207.